The summed E-state index contributed by atoms with van der Waals surface area (Å²) in [5.41, 5.74) is -0.802. The van der Waals surface area contributed by atoms with Gasteiger partial charge in [-0.15, -0.1) is 0 Å². The molecule has 2 N–H and O–H groups in total. The van der Waals surface area contributed by atoms with Crippen LogP contribution in [0.15, 0.2) is 91.0 Å². The molecule has 5 rings (SSSR count). The third-order valence-electron chi connectivity index (χ3n) is 8.04. The molecule has 3 aromatic carbocycles. The lowest BCUT2D eigenvalue weighted by atomic mass is 9.80. The van der Waals surface area contributed by atoms with Gasteiger partial charge in [0.15, 0.2) is 0 Å². The first-order chi connectivity index (χ1) is 18.2. The SMILES string of the molecule is CC(C)(C)[Si](O[C@H]1C[C@]2([C@@H](O)CO)O[C@@H]1C[C@@H]2OC(=O)c1ccccc1)(c1ccccc1)c1ccccc1. The minimum Gasteiger partial charge on any atom is -0.455 e. The fourth-order valence-corrected chi connectivity index (χ4v) is 10.9. The van der Waals surface area contributed by atoms with Crippen LogP contribution in [-0.4, -0.2) is 61.1 Å². The fourth-order valence-electron chi connectivity index (χ4n) is 6.21. The molecule has 2 aliphatic heterocycles. The highest BCUT2D eigenvalue weighted by Crippen LogP contribution is 2.51. The number of ether oxygens (including phenoxy) is 2. The van der Waals surface area contributed by atoms with Gasteiger partial charge in [0.25, 0.3) is 8.32 Å². The summed E-state index contributed by atoms with van der Waals surface area (Å²) in [5.74, 6) is -0.472. The van der Waals surface area contributed by atoms with Gasteiger partial charge in [-0.3, -0.25) is 0 Å². The van der Waals surface area contributed by atoms with Crippen LogP contribution in [0.1, 0.15) is 44.0 Å². The molecule has 3 aromatic rings. The summed E-state index contributed by atoms with van der Waals surface area (Å²) < 4.78 is 19.6. The molecule has 0 radical (unpaired) electrons. The Morgan fingerprint density at radius 1 is 0.974 bits per heavy atom. The summed E-state index contributed by atoms with van der Waals surface area (Å²) >= 11 is 0. The van der Waals surface area contributed by atoms with Crippen molar-refractivity contribution in [3.8, 4) is 0 Å². The Labute approximate surface area is 225 Å². The average Bonchev–Trinajstić information content (AvgIpc) is 3.48. The number of carbonyl (C=O) groups is 1. The first-order valence-corrected chi connectivity index (χ1v) is 15.1. The van der Waals surface area contributed by atoms with Crippen LogP contribution >= 0.6 is 0 Å². The molecule has 0 unspecified atom stereocenters. The van der Waals surface area contributed by atoms with Crippen molar-refractivity contribution in [2.45, 2.75) is 68.7 Å². The highest BCUT2D eigenvalue weighted by molar-refractivity contribution is 6.99. The zero-order chi connectivity index (χ0) is 27.0. The van der Waals surface area contributed by atoms with Crippen molar-refractivity contribution < 1.29 is 28.9 Å². The van der Waals surface area contributed by atoms with Gasteiger partial charge in [0.05, 0.1) is 24.4 Å². The molecule has 2 aliphatic rings. The van der Waals surface area contributed by atoms with Gasteiger partial charge < -0.3 is 24.1 Å². The third-order valence-corrected chi connectivity index (χ3v) is 13.1. The van der Waals surface area contributed by atoms with E-state index in [1.165, 1.54) is 0 Å². The second-order valence-corrected chi connectivity index (χ2v) is 15.6. The number of hydrogen-bond acceptors (Lipinski definition) is 6. The molecule has 6 nitrogen and oxygen atoms in total. The van der Waals surface area contributed by atoms with Crippen molar-refractivity contribution in [1.82, 2.24) is 0 Å². The van der Waals surface area contributed by atoms with E-state index in [1.807, 2.05) is 42.5 Å². The van der Waals surface area contributed by atoms with Gasteiger partial charge >= 0.3 is 5.97 Å². The van der Waals surface area contributed by atoms with Gasteiger partial charge in [0.2, 0.25) is 0 Å². The van der Waals surface area contributed by atoms with Gasteiger partial charge in [-0.25, -0.2) is 4.79 Å². The smallest absolute Gasteiger partial charge is 0.338 e. The molecule has 0 aromatic heterocycles. The second-order valence-electron chi connectivity index (χ2n) is 11.3. The monoisotopic (exact) mass is 532 g/mol. The molecule has 0 amide bonds. The molecule has 2 fully saturated rings. The normalized spacial score (nSPS) is 25.8. The van der Waals surface area contributed by atoms with Crippen molar-refractivity contribution in [3.63, 3.8) is 0 Å². The van der Waals surface area contributed by atoms with Crippen LogP contribution in [0.5, 0.6) is 0 Å². The van der Waals surface area contributed by atoms with E-state index in [1.54, 1.807) is 24.3 Å². The van der Waals surface area contributed by atoms with Gasteiger partial charge in [-0.05, 0) is 27.5 Å². The quantitative estimate of drug-likeness (QED) is 0.342. The first-order valence-electron chi connectivity index (χ1n) is 13.2. The number of aliphatic hydroxyl groups excluding tert-OH is 2. The molecule has 2 saturated heterocycles. The van der Waals surface area contributed by atoms with Crippen molar-refractivity contribution in [2.75, 3.05) is 6.61 Å². The van der Waals surface area contributed by atoms with E-state index in [4.69, 9.17) is 13.9 Å². The zero-order valence-corrected chi connectivity index (χ0v) is 23.1. The summed E-state index contributed by atoms with van der Waals surface area (Å²) in [7, 11) is -2.87. The van der Waals surface area contributed by atoms with Crippen LogP contribution in [-0.2, 0) is 13.9 Å². The van der Waals surface area contributed by atoms with E-state index in [-0.39, 0.29) is 17.2 Å². The number of fused-ring (bicyclic) bond motifs is 2. The Morgan fingerprint density at radius 3 is 2.00 bits per heavy atom. The molecule has 0 aliphatic carbocycles. The third kappa shape index (κ3) is 4.52. The van der Waals surface area contributed by atoms with Gasteiger partial charge in [-0.2, -0.15) is 0 Å². The predicted octanol–water partition coefficient (Wildman–Crippen LogP) is 3.44. The highest BCUT2D eigenvalue weighted by atomic mass is 28.4. The van der Waals surface area contributed by atoms with Crippen LogP contribution in [0.3, 0.4) is 0 Å². The van der Waals surface area contributed by atoms with Gasteiger partial charge in [-0.1, -0.05) is 99.6 Å². The Kier molecular flexibility index (Phi) is 7.33. The molecule has 5 atom stereocenters. The standard InChI is InChI=1S/C31H36O6Si/c1-30(2,3)38(23-15-9-5-10-16-23,24-17-11-6-12-18-24)37-26-20-31(27(33)21-32)28(19-25(26)36-31)35-29(34)22-13-7-4-8-14-22/h4-18,25-28,32-33H,19-21H2,1-3H3/t25-,26+,27+,28+,31-/m1/s1. The lowest BCUT2D eigenvalue weighted by Crippen LogP contribution is -2.68. The second kappa shape index (κ2) is 10.4. The fraction of sp³-hybridized carbons (Fsp3) is 0.387. The van der Waals surface area contributed by atoms with Crippen molar-refractivity contribution in [3.05, 3.63) is 96.6 Å². The van der Waals surface area contributed by atoms with Crippen molar-refractivity contribution in [2.24, 2.45) is 0 Å². The van der Waals surface area contributed by atoms with E-state index >= 15 is 0 Å². The van der Waals surface area contributed by atoms with E-state index in [0.717, 1.165) is 10.4 Å². The van der Waals surface area contributed by atoms with Crippen LogP contribution in [0, 0.1) is 0 Å². The van der Waals surface area contributed by atoms with Gasteiger partial charge in [0, 0.05) is 12.8 Å². The van der Waals surface area contributed by atoms with Gasteiger partial charge in [0.1, 0.15) is 17.8 Å². The minimum atomic E-state index is -2.87. The van der Waals surface area contributed by atoms with E-state index in [9.17, 15) is 15.0 Å². The van der Waals surface area contributed by atoms with E-state index in [0.29, 0.717) is 18.4 Å². The number of benzene rings is 3. The first kappa shape index (κ1) is 26.8. The number of esters is 1. The topological polar surface area (TPSA) is 85.2 Å². The van der Waals surface area contributed by atoms with Crippen molar-refractivity contribution >= 4 is 24.7 Å². The molecule has 200 valence electrons. The molecule has 0 saturated carbocycles. The summed E-state index contributed by atoms with van der Waals surface area (Å²) in [6, 6.07) is 29.5. The molecule has 0 spiro atoms. The predicted molar refractivity (Wildman–Crippen MR) is 148 cm³/mol. The number of rotatable bonds is 8. The molecule has 7 heteroatoms. The maximum atomic E-state index is 12.9. The van der Waals surface area contributed by atoms with Crippen LogP contribution < -0.4 is 10.4 Å². The lowest BCUT2D eigenvalue weighted by Gasteiger charge is -2.46. The van der Waals surface area contributed by atoms with Crippen LogP contribution in [0.2, 0.25) is 5.04 Å². The zero-order valence-electron chi connectivity index (χ0n) is 22.1. The average molecular weight is 533 g/mol. The Morgan fingerprint density at radius 2 is 1.50 bits per heavy atom. The van der Waals surface area contributed by atoms with E-state index < -0.39 is 38.7 Å². The summed E-state index contributed by atoms with van der Waals surface area (Å²) in [6.07, 6.45) is -1.93. The van der Waals surface area contributed by atoms with Crippen LogP contribution in [0.4, 0.5) is 0 Å². The minimum absolute atomic E-state index is 0.223. The van der Waals surface area contributed by atoms with Crippen molar-refractivity contribution in [1.29, 1.82) is 0 Å². The summed E-state index contributed by atoms with van der Waals surface area (Å²) in [4.78, 5) is 12.9. The highest BCUT2D eigenvalue weighted by Gasteiger charge is 2.65. The lowest BCUT2D eigenvalue weighted by molar-refractivity contribution is -0.137. The number of carbonyl (C=O) groups excluding carboxylic acids is 1. The maximum absolute atomic E-state index is 12.9. The maximum Gasteiger partial charge on any atom is 0.338 e. The molecule has 38 heavy (non-hydrogen) atoms. The molecular weight excluding hydrogens is 496 g/mol. The van der Waals surface area contributed by atoms with E-state index in [2.05, 4.69) is 45.0 Å². The molecule has 2 bridgehead atoms. The summed E-state index contributed by atoms with van der Waals surface area (Å²) in [6.45, 7) is 6.15. The Balaban J connectivity index is 1.49. The largest absolute Gasteiger partial charge is 0.455 e. The molecule has 2 heterocycles. The summed E-state index contributed by atoms with van der Waals surface area (Å²) in [5, 5.41) is 23.1. The number of aliphatic hydroxyl groups is 2. The Hall–Kier alpha value is -2.81. The number of hydrogen-bond donors (Lipinski definition) is 2. The molecular formula is C31H36O6Si. The van der Waals surface area contributed by atoms with Crippen LogP contribution in [0.25, 0.3) is 0 Å². The Bertz CT molecular complexity index is 1190.